The summed E-state index contributed by atoms with van der Waals surface area (Å²) < 4.78 is 13.6. The number of aromatic nitrogens is 2. The van der Waals surface area contributed by atoms with E-state index in [-0.39, 0.29) is 12.0 Å². The minimum atomic E-state index is -0.334. The topological polar surface area (TPSA) is 65.4 Å². The summed E-state index contributed by atoms with van der Waals surface area (Å²) in [6, 6.07) is 16.4. The van der Waals surface area contributed by atoms with E-state index in [2.05, 4.69) is 41.9 Å². The lowest BCUT2D eigenvalue weighted by Gasteiger charge is -2.14. The van der Waals surface area contributed by atoms with Crippen molar-refractivity contribution in [1.29, 1.82) is 0 Å². The van der Waals surface area contributed by atoms with Crippen LogP contribution in [0.3, 0.4) is 0 Å². The molecule has 2 atom stereocenters. The van der Waals surface area contributed by atoms with Crippen LogP contribution in [0.1, 0.15) is 50.4 Å². The Morgan fingerprint density at radius 2 is 2.06 bits per heavy atom. The molecule has 2 unspecified atom stereocenters. The Morgan fingerprint density at radius 1 is 1.26 bits per heavy atom. The minimum absolute atomic E-state index is 0.0613. The zero-order valence-electron chi connectivity index (χ0n) is 18.3. The van der Waals surface area contributed by atoms with E-state index in [0.29, 0.717) is 32.2 Å². The summed E-state index contributed by atoms with van der Waals surface area (Å²) >= 11 is 0. The van der Waals surface area contributed by atoms with Crippen LogP contribution >= 0.6 is 0 Å². The third-order valence-corrected chi connectivity index (χ3v) is 6.02. The molecule has 6 heteroatoms. The minimum Gasteiger partial charge on any atom is -0.492 e. The fourth-order valence-corrected chi connectivity index (χ4v) is 3.96. The van der Waals surface area contributed by atoms with E-state index in [4.69, 9.17) is 14.5 Å². The van der Waals surface area contributed by atoms with Crippen LogP contribution in [0.15, 0.2) is 48.5 Å². The van der Waals surface area contributed by atoms with Crippen LogP contribution in [0.4, 0.5) is 0 Å². The van der Waals surface area contributed by atoms with Crippen molar-refractivity contribution in [2.45, 2.75) is 58.2 Å². The second-order valence-electron chi connectivity index (χ2n) is 8.11. The first kappa shape index (κ1) is 21.4. The van der Waals surface area contributed by atoms with Gasteiger partial charge in [0.2, 0.25) is 5.91 Å². The molecule has 31 heavy (non-hydrogen) atoms. The van der Waals surface area contributed by atoms with Crippen molar-refractivity contribution in [3.8, 4) is 5.75 Å². The number of rotatable bonds is 9. The second-order valence-corrected chi connectivity index (χ2v) is 8.11. The largest absolute Gasteiger partial charge is 0.492 e. The molecule has 3 aromatic rings. The fourth-order valence-electron chi connectivity index (χ4n) is 3.96. The summed E-state index contributed by atoms with van der Waals surface area (Å²) in [6.45, 7) is 6.64. The van der Waals surface area contributed by atoms with E-state index in [1.165, 1.54) is 5.56 Å². The van der Waals surface area contributed by atoms with Crippen molar-refractivity contribution in [3.05, 3.63) is 59.9 Å². The highest BCUT2D eigenvalue weighted by atomic mass is 16.5. The molecular weight excluding hydrogens is 390 g/mol. The Morgan fingerprint density at radius 3 is 2.81 bits per heavy atom. The lowest BCUT2D eigenvalue weighted by molar-refractivity contribution is -0.130. The van der Waals surface area contributed by atoms with Crippen molar-refractivity contribution in [1.82, 2.24) is 14.9 Å². The maximum Gasteiger partial charge on any atom is 0.249 e. The van der Waals surface area contributed by atoms with Crippen LogP contribution in [0, 0.1) is 0 Å². The molecule has 1 aliphatic rings. The van der Waals surface area contributed by atoms with E-state index in [1.807, 2.05) is 30.3 Å². The van der Waals surface area contributed by atoms with Gasteiger partial charge in [0.15, 0.2) is 0 Å². The number of hydrogen-bond acceptors (Lipinski definition) is 4. The molecule has 6 nitrogen and oxygen atoms in total. The summed E-state index contributed by atoms with van der Waals surface area (Å²) in [5.74, 6) is 2.18. The first-order valence-corrected chi connectivity index (χ1v) is 11.2. The summed E-state index contributed by atoms with van der Waals surface area (Å²) in [5, 5.41) is 2.98. The van der Waals surface area contributed by atoms with E-state index < -0.39 is 0 Å². The first-order valence-electron chi connectivity index (χ1n) is 11.2. The number of carbonyl (C=O) groups excluding carboxylic acids is 1. The van der Waals surface area contributed by atoms with Gasteiger partial charge in [-0.3, -0.25) is 4.79 Å². The number of para-hydroxylation sites is 2. The van der Waals surface area contributed by atoms with Crippen LogP contribution < -0.4 is 10.1 Å². The van der Waals surface area contributed by atoms with Crippen LogP contribution in [-0.4, -0.2) is 34.8 Å². The molecule has 0 spiro atoms. The van der Waals surface area contributed by atoms with Crippen LogP contribution in [0.5, 0.6) is 5.75 Å². The average molecular weight is 422 g/mol. The average Bonchev–Trinajstić information content (AvgIpc) is 3.46. The molecule has 0 bridgehead atoms. The molecule has 1 aliphatic heterocycles. The molecule has 0 saturated carbocycles. The van der Waals surface area contributed by atoms with Crippen molar-refractivity contribution >= 4 is 16.9 Å². The van der Waals surface area contributed by atoms with Crippen LogP contribution in [-0.2, 0) is 22.6 Å². The molecule has 1 saturated heterocycles. The van der Waals surface area contributed by atoms with Crippen molar-refractivity contribution in [3.63, 3.8) is 0 Å². The normalized spacial score (nSPS) is 17.0. The Balaban J connectivity index is 1.41. The number of benzene rings is 2. The van der Waals surface area contributed by atoms with Gasteiger partial charge in [-0.15, -0.1) is 0 Å². The number of nitrogens with one attached hydrogen (secondary N) is 1. The number of carbonyl (C=O) groups is 1. The van der Waals surface area contributed by atoms with E-state index in [1.54, 1.807) is 0 Å². The monoisotopic (exact) mass is 421 g/mol. The lowest BCUT2D eigenvalue weighted by atomic mass is 9.99. The van der Waals surface area contributed by atoms with Crippen molar-refractivity contribution in [2.24, 2.45) is 0 Å². The van der Waals surface area contributed by atoms with Gasteiger partial charge in [-0.25, -0.2) is 4.98 Å². The van der Waals surface area contributed by atoms with E-state index in [0.717, 1.165) is 41.9 Å². The van der Waals surface area contributed by atoms with E-state index >= 15 is 0 Å². The maximum absolute atomic E-state index is 12.3. The Labute approximate surface area is 183 Å². The molecule has 1 fully saturated rings. The third kappa shape index (κ3) is 5.07. The van der Waals surface area contributed by atoms with Gasteiger partial charge in [0, 0.05) is 6.61 Å². The summed E-state index contributed by atoms with van der Waals surface area (Å²) in [4.78, 5) is 17.1. The molecule has 164 valence electrons. The first-order chi connectivity index (χ1) is 15.2. The molecular formula is C25H31N3O3. The molecule has 4 rings (SSSR count). The van der Waals surface area contributed by atoms with Crippen LogP contribution in [0.2, 0.25) is 0 Å². The highest BCUT2D eigenvalue weighted by Gasteiger charge is 2.23. The zero-order valence-corrected chi connectivity index (χ0v) is 18.3. The fraction of sp³-hybridized carbons (Fsp3) is 0.440. The van der Waals surface area contributed by atoms with Gasteiger partial charge in [0.1, 0.15) is 24.3 Å². The third-order valence-electron chi connectivity index (χ3n) is 6.02. The number of amides is 1. The highest BCUT2D eigenvalue weighted by molar-refractivity contribution is 5.81. The number of nitrogens with zero attached hydrogens (tertiary/aromatic N) is 2. The number of hydrogen-bond donors (Lipinski definition) is 1. The Bertz CT molecular complexity index is 1010. The van der Waals surface area contributed by atoms with Crippen molar-refractivity contribution < 1.29 is 14.3 Å². The van der Waals surface area contributed by atoms with Crippen LogP contribution in [0.25, 0.3) is 11.0 Å². The molecule has 1 amide bonds. The number of imidazole rings is 1. The number of fused-ring (bicyclic) bond motifs is 1. The predicted octanol–water partition coefficient (Wildman–Crippen LogP) is 4.42. The number of ether oxygens (including phenoxy) is 2. The molecule has 0 radical (unpaired) electrons. The van der Waals surface area contributed by atoms with Gasteiger partial charge >= 0.3 is 0 Å². The molecule has 0 aliphatic carbocycles. The Kier molecular flexibility index (Phi) is 6.87. The SMILES string of the molecule is CCC(C)c1ccc(OCCn2c(CNC(=O)C3CCCO3)nc3ccccc32)cc1. The van der Waals surface area contributed by atoms with Crippen molar-refractivity contribution in [2.75, 3.05) is 13.2 Å². The van der Waals surface area contributed by atoms with E-state index in [9.17, 15) is 4.79 Å². The van der Waals surface area contributed by atoms with Gasteiger partial charge in [0.05, 0.1) is 24.1 Å². The summed E-state index contributed by atoms with van der Waals surface area (Å²) in [7, 11) is 0. The quantitative estimate of drug-likeness (QED) is 0.555. The summed E-state index contributed by atoms with van der Waals surface area (Å²) in [5.41, 5.74) is 3.29. The lowest BCUT2D eigenvalue weighted by Crippen LogP contribution is -2.34. The molecule has 2 heterocycles. The molecule has 1 aromatic heterocycles. The summed E-state index contributed by atoms with van der Waals surface area (Å²) in [6.07, 6.45) is 2.51. The van der Waals surface area contributed by atoms with Gasteiger partial charge in [0.25, 0.3) is 0 Å². The Hall–Kier alpha value is -2.86. The maximum atomic E-state index is 12.3. The molecule has 1 N–H and O–H groups in total. The zero-order chi connectivity index (χ0) is 21.6. The predicted molar refractivity (Wildman–Crippen MR) is 121 cm³/mol. The molecule has 2 aromatic carbocycles. The smallest absolute Gasteiger partial charge is 0.249 e. The van der Waals surface area contributed by atoms with Gasteiger partial charge in [-0.2, -0.15) is 0 Å². The highest BCUT2D eigenvalue weighted by Crippen LogP contribution is 2.22. The standard InChI is InChI=1S/C25H31N3O3/c1-3-18(2)19-10-12-20(13-11-19)30-16-14-28-22-8-5-4-7-21(22)27-24(28)17-26-25(29)23-9-6-15-31-23/h4-5,7-8,10-13,18,23H,3,6,9,14-17H2,1-2H3,(H,26,29). The van der Waals surface area contributed by atoms with Gasteiger partial charge in [-0.1, -0.05) is 38.1 Å². The second kappa shape index (κ2) is 9.96. The van der Waals surface area contributed by atoms with Gasteiger partial charge in [-0.05, 0) is 55.0 Å². The van der Waals surface area contributed by atoms with Gasteiger partial charge < -0.3 is 19.4 Å².